The highest BCUT2D eigenvalue weighted by Crippen LogP contribution is 2.29. The van der Waals surface area contributed by atoms with Crippen LogP contribution in [-0.4, -0.2) is 48.1 Å². The molecule has 1 aromatic carbocycles. The van der Waals surface area contributed by atoms with Crippen LogP contribution in [0.1, 0.15) is 43.1 Å². The van der Waals surface area contributed by atoms with Gasteiger partial charge in [-0.15, -0.1) is 11.3 Å². The van der Waals surface area contributed by atoms with Gasteiger partial charge in [-0.05, 0) is 58.9 Å². The van der Waals surface area contributed by atoms with E-state index in [4.69, 9.17) is 4.74 Å². The van der Waals surface area contributed by atoms with Crippen molar-refractivity contribution in [2.45, 2.75) is 46.7 Å². The molecule has 1 heterocycles. The van der Waals surface area contributed by atoms with Gasteiger partial charge in [-0.3, -0.25) is 9.69 Å². The summed E-state index contributed by atoms with van der Waals surface area (Å²) in [5.74, 6) is 0.757. The molecule has 2 rings (SSSR count). The lowest BCUT2D eigenvalue weighted by atomic mass is 10.2. The fraction of sp³-hybridized carbons (Fsp3) is 0.500. The molecule has 0 bridgehead atoms. The number of carbonyl (C=O) groups is 1. The number of aryl methyl sites for hydroxylation is 1. The second kappa shape index (κ2) is 9.14. The van der Waals surface area contributed by atoms with Crippen molar-refractivity contribution in [1.29, 1.82) is 0 Å². The molecular weight excluding hydrogens is 346 g/mol. The lowest BCUT2D eigenvalue weighted by Gasteiger charge is -2.30. The van der Waals surface area contributed by atoms with Crippen LogP contribution in [0.4, 0.5) is 0 Å². The summed E-state index contributed by atoms with van der Waals surface area (Å²) in [7, 11) is 1.64. The van der Waals surface area contributed by atoms with Gasteiger partial charge in [0.2, 0.25) is 0 Å². The van der Waals surface area contributed by atoms with Crippen LogP contribution in [0.15, 0.2) is 24.3 Å². The predicted molar refractivity (Wildman–Crippen MR) is 108 cm³/mol. The Labute approximate surface area is 160 Å². The third-order valence-corrected chi connectivity index (χ3v) is 5.53. The average molecular weight is 376 g/mol. The van der Waals surface area contributed by atoms with Gasteiger partial charge in [0, 0.05) is 30.7 Å². The Morgan fingerprint density at radius 2 is 1.81 bits per heavy atom. The zero-order chi connectivity index (χ0) is 19.3. The molecular formula is C20H29N3O2S. The minimum atomic E-state index is -0.0489. The summed E-state index contributed by atoms with van der Waals surface area (Å²) in [4.78, 5) is 20.2. The summed E-state index contributed by atoms with van der Waals surface area (Å²) in [6.07, 6.45) is 0. The first kappa shape index (κ1) is 20.4. The maximum absolute atomic E-state index is 12.6. The fourth-order valence-corrected chi connectivity index (χ4v) is 3.94. The van der Waals surface area contributed by atoms with Gasteiger partial charge < -0.3 is 10.1 Å². The number of nitrogens with one attached hydrogen (secondary N) is 1. The summed E-state index contributed by atoms with van der Waals surface area (Å²) in [5, 5.41) is 3.88. The number of hydrogen-bond donors (Lipinski definition) is 1. The minimum Gasteiger partial charge on any atom is -0.497 e. The second-order valence-corrected chi connectivity index (χ2v) is 7.84. The van der Waals surface area contributed by atoms with Crippen LogP contribution < -0.4 is 10.1 Å². The highest BCUT2D eigenvalue weighted by Gasteiger charge is 2.17. The quantitative estimate of drug-likeness (QED) is 0.758. The van der Waals surface area contributed by atoms with Crippen molar-refractivity contribution < 1.29 is 9.53 Å². The van der Waals surface area contributed by atoms with Crippen LogP contribution in [0.3, 0.4) is 0 Å². The Kier molecular flexibility index (Phi) is 7.17. The van der Waals surface area contributed by atoms with Crippen molar-refractivity contribution in [1.82, 2.24) is 15.2 Å². The highest BCUT2D eigenvalue weighted by atomic mass is 32.1. The molecule has 0 aliphatic carbocycles. The topological polar surface area (TPSA) is 54.5 Å². The average Bonchev–Trinajstić information content (AvgIpc) is 2.99. The van der Waals surface area contributed by atoms with E-state index in [0.717, 1.165) is 28.6 Å². The molecule has 26 heavy (non-hydrogen) atoms. The minimum absolute atomic E-state index is 0.0489. The van der Waals surface area contributed by atoms with Crippen molar-refractivity contribution in [3.8, 4) is 16.3 Å². The molecule has 0 fully saturated rings. The first-order valence-corrected chi connectivity index (χ1v) is 9.81. The molecule has 0 aliphatic heterocycles. The summed E-state index contributed by atoms with van der Waals surface area (Å²) >= 11 is 1.43. The van der Waals surface area contributed by atoms with E-state index in [2.05, 4.69) is 42.9 Å². The number of amides is 1. The molecule has 5 nitrogen and oxygen atoms in total. The lowest BCUT2D eigenvalue weighted by Crippen LogP contribution is -2.42. The van der Waals surface area contributed by atoms with E-state index in [-0.39, 0.29) is 5.91 Å². The van der Waals surface area contributed by atoms with E-state index in [0.29, 0.717) is 23.5 Å². The van der Waals surface area contributed by atoms with Gasteiger partial charge in [0.1, 0.15) is 15.6 Å². The second-order valence-electron chi connectivity index (χ2n) is 6.84. The molecule has 1 amide bonds. The number of methoxy groups -OCH3 is 1. The fourth-order valence-electron chi connectivity index (χ4n) is 2.96. The van der Waals surface area contributed by atoms with Crippen LogP contribution >= 0.6 is 11.3 Å². The molecule has 1 N–H and O–H groups in total. The third kappa shape index (κ3) is 5.05. The number of hydrogen-bond acceptors (Lipinski definition) is 5. The molecule has 0 atom stereocenters. The lowest BCUT2D eigenvalue weighted by molar-refractivity contribution is 0.0942. The monoisotopic (exact) mass is 375 g/mol. The number of thiazole rings is 1. The van der Waals surface area contributed by atoms with Crippen molar-refractivity contribution >= 4 is 17.2 Å². The Balaban J connectivity index is 2.02. The van der Waals surface area contributed by atoms with Crippen LogP contribution in [-0.2, 0) is 0 Å². The van der Waals surface area contributed by atoms with E-state index in [9.17, 15) is 4.79 Å². The smallest absolute Gasteiger partial charge is 0.263 e. The zero-order valence-corrected chi connectivity index (χ0v) is 17.3. The van der Waals surface area contributed by atoms with Crippen molar-refractivity contribution in [2.24, 2.45) is 0 Å². The third-order valence-electron chi connectivity index (χ3n) is 4.32. The van der Waals surface area contributed by atoms with E-state index in [1.54, 1.807) is 7.11 Å². The predicted octanol–water partition coefficient (Wildman–Crippen LogP) is 3.98. The Morgan fingerprint density at radius 3 is 2.35 bits per heavy atom. The van der Waals surface area contributed by atoms with Gasteiger partial charge in [-0.25, -0.2) is 4.98 Å². The number of carbonyl (C=O) groups excluding carboxylic acids is 1. The van der Waals surface area contributed by atoms with E-state index in [1.165, 1.54) is 11.3 Å². The highest BCUT2D eigenvalue weighted by molar-refractivity contribution is 7.17. The molecule has 0 radical (unpaired) electrons. The number of ether oxygens (including phenoxy) is 1. The van der Waals surface area contributed by atoms with E-state index in [1.807, 2.05) is 31.2 Å². The van der Waals surface area contributed by atoms with Gasteiger partial charge in [0.25, 0.3) is 5.91 Å². The molecule has 0 aliphatic rings. The van der Waals surface area contributed by atoms with Gasteiger partial charge >= 0.3 is 0 Å². The number of aromatic nitrogens is 1. The van der Waals surface area contributed by atoms with Crippen molar-refractivity contribution in [3.63, 3.8) is 0 Å². The molecule has 0 spiro atoms. The summed E-state index contributed by atoms with van der Waals surface area (Å²) in [6.45, 7) is 12.1. The molecule has 0 saturated carbocycles. The van der Waals surface area contributed by atoms with Crippen LogP contribution in [0.2, 0.25) is 0 Å². The molecule has 2 aromatic rings. The van der Waals surface area contributed by atoms with Crippen LogP contribution in [0.5, 0.6) is 5.75 Å². The first-order chi connectivity index (χ1) is 12.3. The Morgan fingerprint density at radius 1 is 1.19 bits per heavy atom. The molecule has 142 valence electrons. The first-order valence-electron chi connectivity index (χ1n) is 8.99. The summed E-state index contributed by atoms with van der Waals surface area (Å²) in [6, 6.07) is 8.64. The molecule has 0 unspecified atom stereocenters. The van der Waals surface area contributed by atoms with E-state index >= 15 is 0 Å². The summed E-state index contributed by atoms with van der Waals surface area (Å²) < 4.78 is 5.18. The number of benzene rings is 1. The molecule has 1 aromatic heterocycles. The van der Waals surface area contributed by atoms with Gasteiger partial charge in [0.05, 0.1) is 12.8 Å². The van der Waals surface area contributed by atoms with Gasteiger partial charge in [-0.2, -0.15) is 0 Å². The Bertz CT molecular complexity index is 715. The van der Waals surface area contributed by atoms with Crippen molar-refractivity contribution in [3.05, 3.63) is 34.8 Å². The molecule has 0 saturated heterocycles. The summed E-state index contributed by atoms with van der Waals surface area (Å²) in [5.41, 5.74) is 1.76. The molecule has 6 heteroatoms. The number of nitrogens with zero attached hydrogens (tertiary/aromatic N) is 2. The SMILES string of the molecule is COc1ccc(-c2nc(C)c(C(=O)NCCN(C(C)C)C(C)C)s2)cc1. The maximum atomic E-state index is 12.6. The van der Waals surface area contributed by atoms with Gasteiger partial charge in [-0.1, -0.05) is 0 Å². The van der Waals surface area contributed by atoms with Gasteiger partial charge in [0.15, 0.2) is 0 Å². The van der Waals surface area contributed by atoms with E-state index < -0.39 is 0 Å². The zero-order valence-electron chi connectivity index (χ0n) is 16.5. The largest absolute Gasteiger partial charge is 0.497 e. The number of rotatable bonds is 8. The van der Waals surface area contributed by atoms with Crippen LogP contribution in [0.25, 0.3) is 10.6 Å². The standard InChI is InChI=1S/C20H29N3O2S/c1-13(2)23(14(3)4)12-11-21-19(24)18-15(5)22-20(26-18)16-7-9-17(25-6)10-8-16/h7-10,13-14H,11-12H2,1-6H3,(H,21,24). The van der Waals surface area contributed by atoms with Crippen molar-refractivity contribution in [2.75, 3.05) is 20.2 Å². The Hall–Kier alpha value is -1.92. The normalized spacial score (nSPS) is 11.4. The maximum Gasteiger partial charge on any atom is 0.263 e. The van der Waals surface area contributed by atoms with Crippen LogP contribution in [0, 0.1) is 6.92 Å².